The summed E-state index contributed by atoms with van der Waals surface area (Å²) in [6.07, 6.45) is -0.200. The van der Waals surface area contributed by atoms with E-state index in [9.17, 15) is 9.50 Å². The maximum Gasteiger partial charge on any atom is 0.128 e. The minimum atomic E-state index is -0.742. The lowest BCUT2D eigenvalue weighted by Crippen LogP contribution is -2.25. The van der Waals surface area contributed by atoms with E-state index in [1.807, 2.05) is 6.07 Å². The molecule has 1 atom stereocenters. The molecule has 1 aromatic carbocycles. The van der Waals surface area contributed by atoms with Gasteiger partial charge in [-0.3, -0.25) is 4.90 Å². The van der Waals surface area contributed by atoms with Crippen LogP contribution in [0.5, 0.6) is 0 Å². The van der Waals surface area contributed by atoms with Crippen molar-refractivity contribution < 1.29 is 9.50 Å². The van der Waals surface area contributed by atoms with Gasteiger partial charge >= 0.3 is 0 Å². The average molecular weight is 293 g/mol. The molecule has 1 unspecified atom stereocenters. The molecule has 2 aromatic rings. The van der Waals surface area contributed by atoms with Crippen molar-refractivity contribution in [2.45, 2.75) is 26.0 Å². The Kier molecular flexibility index (Phi) is 5.71. The summed E-state index contributed by atoms with van der Waals surface area (Å²) in [7, 11) is 0. The molecular formula is C16H20FNOS. The molecule has 0 aliphatic rings. The number of aliphatic hydroxyl groups excluding tert-OH is 1. The van der Waals surface area contributed by atoms with Crippen LogP contribution in [0.2, 0.25) is 0 Å². The lowest BCUT2D eigenvalue weighted by atomic mass is 10.1. The maximum absolute atomic E-state index is 13.6. The van der Waals surface area contributed by atoms with Crippen LogP contribution in [0.1, 0.15) is 29.9 Å². The Morgan fingerprint density at radius 3 is 2.70 bits per heavy atom. The first-order chi connectivity index (χ1) is 9.70. The molecular weight excluding hydrogens is 273 g/mol. The first-order valence-electron chi connectivity index (χ1n) is 6.88. The Bertz CT molecular complexity index is 515. The number of rotatable bonds is 7. The van der Waals surface area contributed by atoms with Crippen LogP contribution >= 0.6 is 11.3 Å². The predicted octanol–water partition coefficient (Wildman–Crippen LogP) is 3.83. The van der Waals surface area contributed by atoms with Crippen molar-refractivity contribution >= 4 is 11.3 Å². The van der Waals surface area contributed by atoms with Gasteiger partial charge in [0.05, 0.1) is 6.10 Å². The van der Waals surface area contributed by atoms with Gasteiger partial charge in [0.15, 0.2) is 0 Å². The molecule has 0 fully saturated rings. The highest BCUT2D eigenvalue weighted by Crippen LogP contribution is 2.20. The molecule has 1 aromatic heterocycles. The third-order valence-electron chi connectivity index (χ3n) is 3.39. The monoisotopic (exact) mass is 293 g/mol. The van der Waals surface area contributed by atoms with Crippen molar-refractivity contribution in [2.24, 2.45) is 0 Å². The second kappa shape index (κ2) is 7.53. The van der Waals surface area contributed by atoms with Gasteiger partial charge < -0.3 is 5.11 Å². The number of aliphatic hydroxyl groups is 1. The summed E-state index contributed by atoms with van der Waals surface area (Å²) in [5.41, 5.74) is 0.389. The molecule has 0 aliphatic heterocycles. The quantitative estimate of drug-likeness (QED) is 0.838. The third kappa shape index (κ3) is 4.13. The number of thiophene rings is 1. The van der Waals surface area contributed by atoms with E-state index in [1.165, 1.54) is 10.9 Å². The van der Waals surface area contributed by atoms with Crippen LogP contribution in [-0.2, 0) is 6.54 Å². The number of hydrogen-bond acceptors (Lipinski definition) is 3. The Morgan fingerprint density at radius 1 is 1.25 bits per heavy atom. The first-order valence-corrected chi connectivity index (χ1v) is 7.76. The van der Waals surface area contributed by atoms with Gasteiger partial charge in [-0.05, 0) is 30.5 Å². The predicted molar refractivity (Wildman–Crippen MR) is 81.2 cm³/mol. The van der Waals surface area contributed by atoms with Crippen molar-refractivity contribution in [1.29, 1.82) is 0 Å². The highest BCUT2D eigenvalue weighted by atomic mass is 32.1. The lowest BCUT2D eigenvalue weighted by Gasteiger charge is -2.21. The Labute approximate surface area is 123 Å². The standard InChI is InChI=1S/C16H20FNOS/c1-2-18(12-13-6-5-11-20-13)10-9-16(19)14-7-3-4-8-15(14)17/h3-8,11,16,19H,2,9-10,12H2,1H3. The molecule has 2 rings (SSSR count). The van der Waals surface area contributed by atoms with Crippen LogP contribution in [0.4, 0.5) is 4.39 Å². The molecule has 1 heterocycles. The van der Waals surface area contributed by atoms with Gasteiger partial charge in [0, 0.05) is 23.5 Å². The SMILES string of the molecule is CCN(CCC(O)c1ccccc1F)Cc1cccs1. The molecule has 0 saturated heterocycles. The van der Waals surface area contributed by atoms with Gasteiger partial charge in [-0.25, -0.2) is 4.39 Å². The van der Waals surface area contributed by atoms with Crippen LogP contribution in [0, 0.1) is 5.82 Å². The molecule has 0 aliphatic carbocycles. The molecule has 2 nitrogen and oxygen atoms in total. The maximum atomic E-state index is 13.6. The minimum absolute atomic E-state index is 0.332. The molecule has 108 valence electrons. The molecule has 4 heteroatoms. The minimum Gasteiger partial charge on any atom is -0.388 e. The van der Waals surface area contributed by atoms with Crippen LogP contribution in [0.3, 0.4) is 0 Å². The fourth-order valence-electron chi connectivity index (χ4n) is 2.18. The highest BCUT2D eigenvalue weighted by Gasteiger charge is 2.14. The van der Waals surface area contributed by atoms with Gasteiger partial charge in [-0.1, -0.05) is 31.2 Å². The largest absolute Gasteiger partial charge is 0.388 e. The molecule has 0 spiro atoms. The number of nitrogens with zero attached hydrogens (tertiary/aromatic N) is 1. The number of halogens is 1. The second-order valence-electron chi connectivity index (χ2n) is 4.77. The van der Waals surface area contributed by atoms with E-state index < -0.39 is 6.10 Å². The van der Waals surface area contributed by atoms with E-state index >= 15 is 0 Å². The van der Waals surface area contributed by atoms with E-state index in [0.717, 1.165) is 19.6 Å². The summed E-state index contributed by atoms with van der Waals surface area (Å²) in [4.78, 5) is 3.57. The summed E-state index contributed by atoms with van der Waals surface area (Å²) >= 11 is 1.74. The van der Waals surface area contributed by atoms with Gasteiger partial charge in [-0.15, -0.1) is 11.3 Å². The van der Waals surface area contributed by atoms with E-state index in [2.05, 4.69) is 23.3 Å². The van der Waals surface area contributed by atoms with Crippen molar-refractivity contribution in [2.75, 3.05) is 13.1 Å². The zero-order chi connectivity index (χ0) is 14.4. The lowest BCUT2D eigenvalue weighted by molar-refractivity contribution is 0.138. The fourth-order valence-corrected chi connectivity index (χ4v) is 2.92. The topological polar surface area (TPSA) is 23.5 Å². The van der Waals surface area contributed by atoms with Gasteiger partial charge in [-0.2, -0.15) is 0 Å². The summed E-state index contributed by atoms with van der Waals surface area (Å²) in [6.45, 7) is 4.66. The summed E-state index contributed by atoms with van der Waals surface area (Å²) in [5.74, 6) is -0.332. The number of benzene rings is 1. The summed E-state index contributed by atoms with van der Waals surface area (Å²) < 4.78 is 13.6. The first kappa shape index (κ1) is 15.2. The normalized spacial score (nSPS) is 12.8. The molecule has 0 saturated carbocycles. The Hall–Kier alpha value is -1.23. The third-order valence-corrected chi connectivity index (χ3v) is 4.25. The zero-order valence-corrected chi connectivity index (χ0v) is 12.4. The van der Waals surface area contributed by atoms with Crippen molar-refractivity contribution in [3.8, 4) is 0 Å². The average Bonchev–Trinajstić information content (AvgIpc) is 2.96. The van der Waals surface area contributed by atoms with Crippen LogP contribution < -0.4 is 0 Å². The smallest absolute Gasteiger partial charge is 0.128 e. The van der Waals surface area contributed by atoms with Crippen LogP contribution in [-0.4, -0.2) is 23.1 Å². The van der Waals surface area contributed by atoms with E-state index in [0.29, 0.717) is 12.0 Å². The molecule has 20 heavy (non-hydrogen) atoms. The van der Waals surface area contributed by atoms with Gasteiger partial charge in [0.2, 0.25) is 0 Å². The number of hydrogen-bond donors (Lipinski definition) is 1. The second-order valence-corrected chi connectivity index (χ2v) is 5.81. The van der Waals surface area contributed by atoms with Crippen LogP contribution in [0.25, 0.3) is 0 Å². The Morgan fingerprint density at radius 2 is 2.05 bits per heavy atom. The zero-order valence-electron chi connectivity index (χ0n) is 11.6. The van der Waals surface area contributed by atoms with Crippen molar-refractivity contribution in [1.82, 2.24) is 4.90 Å². The van der Waals surface area contributed by atoms with E-state index in [1.54, 1.807) is 29.5 Å². The van der Waals surface area contributed by atoms with Crippen molar-refractivity contribution in [3.63, 3.8) is 0 Å². The van der Waals surface area contributed by atoms with Gasteiger partial charge in [0.25, 0.3) is 0 Å². The molecule has 1 N–H and O–H groups in total. The van der Waals surface area contributed by atoms with Gasteiger partial charge in [0.1, 0.15) is 5.82 Å². The molecule has 0 amide bonds. The van der Waals surface area contributed by atoms with Crippen LogP contribution in [0.15, 0.2) is 41.8 Å². The Balaban J connectivity index is 1.88. The van der Waals surface area contributed by atoms with E-state index in [4.69, 9.17) is 0 Å². The van der Waals surface area contributed by atoms with E-state index in [-0.39, 0.29) is 5.82 Å². The molecule has 0 radical (unpaired) electrons. The van der Waals surface area contributed by atoms with Crippen molar-refractivity contribution in [3.05, 3.63) is 58.0 Å². The fraction of sp³-hybridized carbons (Fsp3) is 0.375. The summed E-state index contributed by atoms with van der Waals surface area (Å²) in [6, 6.07) is 10.6. The molecule has 0 bridgehead atoms. The summed E-state index contributed by atoms with van der Waals surface area (Å²) in [5, 5.41) is 12.2. The highest BCUT2D eigenvalue weighted by molar-refractivity contribution is 7.09.